The number of benzene rings is 2. The van der Waals surface area contributed by atoms with Crippen LogP contribution in [0.15, 0.2) is 48.0 Å². The van der Waals surface area contributed by atoms with E-state index in [0.717, 1.165) is 59.9 Å². The third-order valence-electron chi connectivity index (χ3n) is 6.88. The van der Waals surface area contributed by atoms with Gasteiger partial charge in [0.05, 0.1) is 20.3 Å². The molecule has 0 radical (unpaired) electrons. The minimum atomic E-state index is -0.255. The highest BCUT2D eigenvalue weighted by atomic mass is 35.5. The summed E-state index contributed by atoms with van der Waals surface area (Å²) in [5.74, 6) is 0.670. The monoisotopic (exact) mass is 487 g/mol. The normalized spacial score (nSPS) is 18.5. The maximum absolute atomic E-state index is 14.1. The van der Waals surface area contributed by atoms with E-state index >= 15 is 0 Å². The predicted molar refractivity (Wildman–Crippen MR) is 133 cm³/mol. The lowest BCUT2D eigenvalue weighted by molar-refractivity contribution is -0.127. The SMILES string of the molecule is COc1ccc(N2CCN(C(=O)C3=C(CN4CCOCC4)c4cc(F)ccc4C3)CC2)cc1.Cl. The number of ether oxygens (including phenoxy) is 2. The van der Waals surface area contributed by atoms with Crippen molar-refractivity contribution in [2.24, 2.45) is 0 Å². The van der Waals surface area contributed by atoms with E-state index in [-0.39, 0.29) is 24.1 Å². The molecular formula is C26H31ClFN3O3. The molecule has 6 nitrogen and oxygen atoms in total. The van der Waals surface area contributed by atoms with Crippen LogP contribution in [0, 0.1) is 5.82 Å². The quantitative estimate of drug-likeness (QED) is 0.648. The van der Waals surface area contributed by atoms with E-state index in [2.05, 4.69) is 21.9 Å². The van der Waals surface area contributed by atoms with Gasteiger partial charge in [0.1, 0.15) is 11.6 Å². The first-order valence-corrected chi connectivity index (χ1v) is 11.6. The van der Waals surface area contributed by atoms with Crippen LogP contribution in [-0.4, -0.2) is 81.8 Å². The molecule has 0 saturated carbocycles. The molecule has 34 heavy (non-hydrogen) atoms. The first-order valence-electron chi connectivity index (χ1n) is 11.6. The third-order valence-corrected chi connectivity index (χ3v) is 6.88. The summed E-state index contributed by atoms with van der Waals surface area (Å²) in [7, 11) is 1.66. The summed E-state index contributed by atoms with van der Waals surface area (Å²) >= 11 is 0. The topological polar surface area (TPSA) is 45.2 Å². The second-order valence-corrected chi connectivity index (χ2v) is 8.80. The molecule has 0 spiro atoms. The average Bonchev–Trinajstić information content (AvgIpc) is 3.21. The zero-order valence-corrected chi connectivity index (χ0v) is 20.3. The van der Waals surface area contributed by atoms with Gasteiger partial charge in [0.25, 0.3) is 5.91 Å². The van der Waals surface area contributed by atoms with Gasteiger partial charge in [0.2, 0.25) is 0 Å². The van der Waals surface area contributed by atoms with Gasteiger partial charge >= 0.3 is 0 Å². The van der Waals surface area contributed by atoms with Crippen molar-refractivity contribution in [1.29, 1.82) is 0 Å². The van der Waals surface area contributed by atoms with Crippen LogP contribution in [0.25, 0.3) is 5.57 Å². The maximum Gasteiger partial charge on any atom is 0.250 e. The molecule has 0 unspecified atom stereocenters. The number of nitrogens with zero attached hydrogens (tertiary/aromatic N) is 3. The van der Waals surface area contributed by atoms with Crippen LogP contribution < -0.4 is 9.64 Å². The second kappa shape index (κ2) is 10.8. The largest absolute Gasteiger partial charge is 0.497 e. The Bertz CT molecular complexity index is 1050. The summed E-state index contributed by atoms with van der Waals surface area (Å²) in [5.41, 5.74) is 4.87. The minimum absolute atomic E-state index is 0. The number of halogens is 2. The first-order chi connectivity index (χ1) is 16.1. The summed E-state index contributed by atoms with van der Waals surface area (Å²) in [6.45, 7) is 6.62. The summed E-state index contributed by atoms with van der Waals surface area (Å²) in [4.78, 5) is 20.2. The predicted octanol–water partition coefficient (Wildman–Crippen LogP) is 3.25. The number of carbonyl (C=O) groups is 1. The van der Waals surface area contributed by atoms with Crippen molar-refractivity contribution in [3.05, 3.63) is 65.0 Å². The van der Waals surface area contributed by atoms with Gasteiger partial charge in [-0.1, -0.05) is 6.07 Å². The van der Waals surface area contributed by atoms with Gasteiger partial charge in [-0.25, -0.2) is 4.39 Å². The number of amides is 1. The molecule has 0 aromatic heterocycles. The molecule has 8 heteroatoms. The van der Waals surface area contributed by atoms with Crippen molar-refractivity contribution in [2.45, 2.75) is 6.42 Å². The number of hydrogen-bond acceptors (Lipinski definition) is 5. The zero-order valence-electron chi connectivity index (χ0n) is 19.5. The number of carbonyl (C=O) groups excluding carboxylic acids is 1. The van der Waals surface area contributed by atoms with E-state index in [1.54, 1.807) is 13.2 Å². The summed E-state index contributed by atoms with van der Waals surface area (Å²) in [6.07, 6.45) is 0.576. The van der Waals surface area contributed by atoms with E-state index in [1.165, 1.54) is 6.07 Å². The van der Waals surface area contributed by atoms with Crippen molar-refractivity contribution >= 4 is 29.6 Å². The Morgan fingerprint density at radius 1 is 1.00 bits per heavy atom. The van der Waals surface area contributed by atoms with Crippen LogP contribution in [0.4, 0.5) is 10.1 Å². The van der Waals surface area contributed by atoms with Crippen LogP contribution in [0.5, 0.6) is 5.75 Å². The van der Waals surface area contributed by atoms with Gasteiger partial charge in [-0.05, 0) is 53.1 Å². The van der Waals surface area contributed by atoms with Crippen molar-refractivity contribution < 1.29 is 18.7 Å². The lowest BCUT2D eigenvalue weighted by Gasteiger charge is -2.36. The molecule has 3 aliphatic rings. The summed E-state index contributed by atoms with van der Waals surface area (Å²) < 4.78 is 24.8. The Hall–Kier alpha value is -2.61. The van der Waals surface area contributed by atoms with E-state index in [0.29, 0.717) is 39.3 Å². The van der Waals surface area contributed by atoms with Crippen molar-refractivity contribution in [1.82, 2.24) is 9.80 Å². The third kappa shape index (κ3) is 5.06. The Morgan fingerprint density at radius 2 is 1.71 bits per heavy atom. The van der Waals surface area contributed by atoms with E-state index in [4.69, 9.17) is 9.47 Å². The van der Waals surface area contributed by atoms with Crippen LogP contribution in [0.3, 0.4) is 0 Å². The number of fused-ring (bicyclic) bond motifs is 1. The number of morpholine rings is 1. The number of anilines is 1. The maximum atomic E-state index is 14.1. The lowest BCUT2D eigenvalue weighted by Crippen LogP contribution is -2.49. The highest BCUT2D eigenvalue weighted by molar-refractivity contribution is 6.04. The fraction of sp³-hybridized carbons (Fsp3) is 0.423. The fourth-order valence-corrected chi connectivity index (χ4v) is 4.96. The molecule has 2 aromatic rings. The van der Waals surface area contributed by atoms with E-state index in [1.807, 2.05) is 23.1 Å². The van der Waals surface area contributed by atoms with Gasteiger partial charge in [0, 0.05) is 63.5 Å². The molecule has 2 aromatic carbocycles. The fourth-order valence-electron chi connectivity index (χ4n) is 4.96. The number of hydrogen-bond donors (Lipinski definition) is 0. The molecule has 5 rings (SSSR count). The summed E-state index contributed by atoms with van der Waals surface area (Å²) in [5, 5.41) is 0. The molecule has 1 amide bonds. The number of methoxy groups -OCH3 is 1. The van der Waals surface area contributed by atoms with Crippen molar-refractivity contribution in [3.8, 4) is 5.75 Å². The van der Waals surface area contributed by atoms with Gasteiger partial charge < -0.3 is 19.3 Å². The van der Waals surface area contributed by atoms with Gasteiger partial charge in [-0.3, -0.25) is 9.69 Å². The van der Waals surface area contributed by atoms with Crippen molar-refractivity contribution in [2.75, 3.05) is 71.0 Å². The van der Waals surface area contributed by atoms with Crippen LogP contribution in [-0.2, 0) is 16.0 Å². The summed E-state index contributed by atoms with van der Waals surface area (Å²) in [6, 6.07) is 12.9. The Morgan fingerprint density at radius 3 is 2.38 bits per heavy atom. The standard InChI is InChI=1S/C26H30FN3O3.ClH/c1-32-22-6-4-21(5-7-22)29-8-10-30(11-9-29)26(31)24-16-19-2-3-20(27)17-23(19)25(24)18-28-12-14-33-15-13-28;/h2-7,17H,8-16,18H2,1H3;1H. The molecule has 2 aliphatic heterocycles. The lowest BCUT2D eigenvalue weighted by atomic mass is 10.0. The average molecular weight is 488 g/mol. The van der Waals surface area contributed by atoms with Crippen LogP contribution in [0.2, 0.25) is 0 Å². The Balaban J connectivity index is 0.00000274. The molecule has 0 bridgehead atoms. The molecule has 1 aliphatic carbocycles. The van der Waals surface area contributed by atoms with E-state index in [9.17, 15) is 9.18 Å². The molecule has 0 N–H and O–H groups in total. The Kier molecular flexibility index (Phi) is 7.76. The molecular weight excluding hydrogens is 457 g/mol. The molecule has 0 atom stereocenters. The molecule has 2 saturated heterocycles. The van der Waals surface area contributed by atoms with Gasteiger partial charge in [-0.15, -0.1) is 12.4 Å². The Labute approximate surface area is 206 Å². The second-order valence-electron chi connectivity index (χ2n) is 8.80. The van der Waals surface area contributed by atoms with Crippen LogP contribution >= 0.6 is 12.4 Å². The minimum Gasteiger partial charge on any atom is -0.497 e. The highest BCUT2D eigenvalue weighted by Gasteiger charge is 2.32. The smallest absolute Gasteiger partial charge is 0.250 e. The molecule has 182 valence electrons. The van der Waals surface area contributed by atoms with E-state index < -0.39 is 0 Å². The first kappa shape index (κ1) is 24.5. The highest BCUT2D eigenvalue weighted by Crippen LogP contribution is 2.35. The van der Waals surface area contributed by atoms with Crippen LogP contribution in [0.1, 0.15) is 11.1 Å². The van der Waals surface area contributed by atoms with Gasteiger partial charge in [-0.2, -0.15) is 0 Å². The molecule has 2 heterocycles. The number of rotatable bonds is 5. The molecule has 2 fully saturated rings. The van der Waals surface area contributed by atoms with Gasteiger partial charge in [0.15, 0.2) is 0 Å². The number of piperazine rings is 1. The van der Waals surface area contributed by atoms with Crippen molar-refractivity contribution in [3.63, 3.8) is 0 Å². The zero-order chi connectivity index (χ0) is 22.8.